The van der Waals surface area contributed by atoms with Gasteiger partial charge in [0.1, 0.15) is 6.61 Å². The molecule has 0 fully saturated rings. The number of ether oxygens (including phenoxy) is 2. The summed E-state index contributed by atoms with van der Waals surface area (Å²) in [4.78, 5) is 60.9. The fourth-order valence-electron chi connectivity index (χ4n) is 9.35. The van der Waals surface area contributed by atoms with E-state index in [-0.39, 0.29) is 56.3 Å². The Hall–Kier alpha value is -3.83. The highest BCUT2D eigenvalue weighted by molar-refractivity contribution is 7.47. The standard InChI is InChI=1S/C65H111N2O10P/c1-8-10-12-14-16-18-20-22-24-26-28-30-32-34-36-45-63(70)74-54-59(77-64(71)46-37-35-33-31-29-27-25-23-21-19-17-15-13-11-9-2)55-76-78(72,73)75-52-51-67-61(68)44-40-50-66-62(69)53-57(4)42-38-41-56(3)47-48-60-58(5)43-39-49-65(60,6)7/h22-25,38,41-42,47-48,53,59H,8-21,26-37,39-40,43-46,49-52,54-55H2,1-7H3,(H,66,69)(H,67,68)(H,72,73)/b24-22-,25-23-,42-38+,48-47+,56-41+,57-53+/t59-/m1/s1. The molecular formula is C65H111N2O10P. The Kier molecular flexibility index (Phi) is 44.4. The summed E-state index contributed by atoms with van der Waals surface area (Å²) >= 11 is 0. The first kappa shape index (κ1) is 72.2. The number of rotatable bonds is 49. The van der Waals surface area contributed by atoms with Gasteiger partial charge in [0, 0.05) is 38.4 Å². The van der Waals surface area contributed by atoms with Crippen molar-refractivity contribution >= 4 is 31.6 Å². The highest BCUT2D eigenvalue weighted by atomic mass is 31.2. The Morgan fingerprint density at radius 3 is 1.71 bits per heavy atom. The van der Waals surface area contributed by atoms with E-state index in [0.29, 0.717) is 25.8 Å². The van der Waals surface area contributed by atoms with Crippen LogP contribution in [0.3, 0.4) is 0 Å². The second-order valence-electron chi connectivity index (χ2n) is 22.2. The van der Waals surface area contributed by atoms with Gasteiger partial charge in [0.05, 0.1) is 13.2 Å². The largest absolute Gasteiger partial charge is 0.472 e. The Bertz CT molecular complexity index is 1900. The number of hydrogen-bond donors (Lipinski definition) is 3. The van der Waals surface area contributed by atoms with Crippen LogP contribution in [0.2, 0.25) is 0 Å². The highest BCUT2D eigenvalue weighted by Gasteiger charge is 2.27. The molecule has 0 aromatic rings. The van der Waals surface area contributed by atoms with Crippen LogP contribution in [0, 0.1) is 5.41 Å². The minimum Gasteiger partial charge on any atom is -0.462 e. The van der Waals surface area contributed by atoms with Crippen LogP contribution in [-0.4, -0.2) is 67.7 Å². The van der Waals surface area contributed by atoms with Crippen LogP contribution in [0.25, 0.3) is 0 Å². The predicted octanol–water partition coefficient (Wildman–Crippen LogP) is 17.2. The molecule has 1 aliphatic carbocycles. The molecule has 2 atom stereocenters. The minimum atomic E-state index is -4.63. The second-order valence-corrected chi connectivity index (χ2v) is 23.7. The van der Waals surface area contributed by atoms with Gasteiger partial charge in [-0.2, -0.15) is 0 Å². The van der Waals surface area contributed by atoms with Gasteiger partial charge >= 0.3 is 19.8 Å². The maximum absolute atomic E-state index is 12.9. The Balaban J connectivity index is 2.48. The van der Waals surface area contributed by atoms with Gasteiger partial charge in [-0.15, -0.1) is 0 Å². The second kappa shape index (κ2) is 47.9. The van der Waals surface area contributed by atoms with Gasteiger partial charge in [0.25, 0.3) is 0 Å². The van der Waals surface area contributed by atoms with Gasteiger partial charge in [-0.25, -0.2) is 4.57 Å². The van der Waals surface area contributed by atoms with Crippen LogP contribution < -0.4 is 10.6 Å². The van der Waals surface area contributed by atoms with E-state index in [1.54, 1.807) is 0 Å². The summed E-state index contributed by atoms with van der Waals surface area (Å²) in [5, 5.41) is 5.44. The molecule has 0 spiro atoms. The molecule has 0 bridgehead atoms. The summed E-state index contributed by atoms with van der Waals surface area (Å²) in [6.45, 7) is 14.3. The SMILES string of the molecule is CCCCCCCC/C=C\CCCCCCCC(=O)OC[C@H](COP(=O)(O)OCCNC(=O)CCCNC(=O)/C=C(C)/C=C/C=C(C)/C=C/C1=C(C)CCCC1(C)C)OC(=O)CCCCCCC/C=C\CCCCCCCC. The first-order valence-electron chi connectivity index (χ1n) is 30.8. The summed E-state index contributed by atoms with van der Waals surface area (Å²) in [6, 6.07) is 0. The van der Waals surface area contributed by atoms with Gasteiger partial charge in [0.15, 0.2) is 6.10 Å². The van der Waals surface area contributed by atoms with Crippen molar-refractivity contribution in [1.82, 2.24) is 10.6 Å². The fourth-order valence-corrected chi connectivity index (χ4v) is 10.1. The molecule has 1 aliphatic rings. The normalized spacial score (nSPS) is 15.4. The first-order chi connectivity index (χ1) is 37.6. The molecule has 12 nitrogen and oxygen atoms in total. The minimum absolute atomic E-state index is 0.0606. The van der Waals surface area contributed by atoms with Crippen LogP contribution in [0.4, 0.5) is 0 Å². The number of allylic oxidation sites excluding steroid dienone is 13. The van der Waals surface area contributed by atoms with Crippen LogP contribution in [0.5, 0.6) is 0 Å². The molecule has 3 N–H and O–H groups in total. The third kappa shape index (κ3) is 43.0. The summed E-state index contributed by atoms with van der Waals surface area (Å²) in [6.07, 6.45) is 54.1. The first-order valence-corrected chi connectivity index (χ1v) is 32.3. The molecule has 78 heavy (non-hydrogen) atoms. The maximum atomic E-state index is 12.9. The van der Waals surface area contributed by atoms with Crippen molar-refractivity contribution in [2.45, 2.75) is 266 Å². The predicted molar refractivity (Wildman–Crippen MR) is 323 cm³/mol. The molecule has 2 amide bonds. The van der Waals surface area contributed by atoms with Crippen molar-refractivity contribution in [1.29, 1.82) is 0 Å². The summed E-state index contributed by atoms with van der Waals surface area (Å²) in [7, 11) is -4.63. The lowest BCUT2D eigenvalue weighted by Gasteiger charge is -2.32. The average molecular weight is 1110 g/mol. The van der Waals surface area contributed by atoms with Crippen molar-refractivity contribution in [3.8, 4) is 0 Å². The maximum Gasteiger partial charge on any atom is 0.472 e. The third-order valence-corrected chi connectivity index (χ3v) is 15.1. The van der Waals surface area contributed by atoms with Gasteiger partial charge in [-0.3, -0.25) is 28.2 Å². The van der Waals surface area contributed by atoms with E-state index in [1.807, 2.05) is 25.2 Å². The van der Waals surface area contributed by atoms with Crippen molar-refractivity contribution in [2.24, 2.45) is 5.41 Å². The number of carbonyl (C=O) groups excluding carboxylic acids is 4. The van der Waals surface area contributed by atoms with Crippen LogP contribution >= 0.6 is 7.82 Å². The molecule has 0 heterocycles. The van der Waals surface area contributed by atoms with E-state index < -0.39 is 32.5 Å². The summed E-state index contributed by atoms with van der Waals surface area (Å²) in [5.74, 6) is -1.50. The van der Waals surface area contributed by atoms with E-state index in [0.717, 1.165) is 94.6 Å². The molecule has 0 aromatic carbocycles. The Morgan fingerprint density at radius 1 is 0.628 bits per heavy atom. The monoisotopic (exact) mass is 1110 g/mol. The smallest absolute Gasteiger partial charge is 0.462 e. The molecule has 0 saturated heterocycles. The van der Waals surface area contributed by atoms with E-state index in [2.05, 4.69) is 88.6 Å². The molecule has 446 valence electrons. The number of amides is 2. The summed E-state index contributed by atoms with van der Waals surface area (Å²) < 4.78 is 34.2. The van der Waals surface area contributed by atoms with Crippen LogP contribution in [-0.2, 0) is 42.3 Å². The zero-order valence-corrected chi connectivity index (χ0v) is 51.2. The van der Waals surface area contributed by atoms with Gasteiger partial charge in [-0.05, 0) is 127 Å². The number of hydrogen-bond acceptors (Lipinski definition) is 9. The van der Waals surface area contributed by atoms with Crippen LogP contribution in [0.15, 0.2) is 83.1 Å². The number of phosphoric acid groups is 1. The zero-order valence-electron chi connectivity index (χ0n) is 50.3. The third-order valence-electron chi connectivity index (χ3n) is 14.1. The lowest BCUT2D eigenvalue weighted by atomic mass is 9.72. The number of nitrogens with one attached hydrogen (secondary N) is 2. The Labute approximate surface area is 475 Å². The van der Waals surface area contributed by atoms with Crippen molar-refractivity contribution in [3.05, 3.63) is 83.1 Å². The van der Waals surface area contributed by atoms with Gasteiger partial charge < -0.3 is 25.0 Å². The van der Waals surface area contributed by atoms with E-state index in [1.165, 1.54) is 107 Å². The molecule has 0 radical (unpaired) electrons. The van der Waals surface area contributed by atoms with Crippen molar-refractivity contribution in [3.63, 3.8) is 0 Å². The van der Waals surface area contributed by atoms with Crippen molar-refractivity contribution < 1.29 is 47.2 Å². The molecular weight excluding hydrogens is 1000 g/mol. The van der Waals surface area contributed by atoms with Gasteiger partial charge in [0.2, 0.25) is 11.8 Å². The molecule has 0 aliphatic heterocycles. The number of esters is 2. The topological polar surface area (TPSA) is 167 Å². The molecule has 0 aromatic heterocycles. The fraction of sp³-hybridized carbons (Fsp3) is 0.723. The average Bonchev–Trinajstić information content (AvgIpc) is 3.41. The number of phosphoric ester groups is 1. The van der Waals surface area contributed by atoms with E-state index >= 15 is 0 Å². The van der Waals surface area contributed by atoms with Crippen LogP contribution in [0.1, 0.15) is 260 Å². The highest BCUT2D eigenvalue weighted by Crippen LogP contribution is 2.43. The molecule has 13 heteroatoms. The summed E-state index contributed by atoms with van der Waals surface area (Å²) in [5.41, 5.74) is 4.97. The van der Waals surface area contributed by atoms with E-state index in [4.69, 9.17) is 18.5 Å². The molecule has 1 rings (SSSR count). The lowest BCUT2D eigenvalue weighted by molar-refractivity contribution is -0.161. The van der Waals surface area contributed by atoms with E-state index in [9.17, 15) is 28.6 Å². The number of unbranched alkanes of at least 4 members (excludes halogenated alkanes) is 22. The van der Waals surface area contributed by atoms with Gasteiger partial charge in [-0.1, -0.05) is 196 Å². The Morgan fingerprint density at radius 2 is 1.15 bits per heavy atom. The number of carbonyl (C=O) groups is 4. The van der Waals surface area contributed by atoms with Crippen molar-refractivity contribution in [2.75, 3.05) is 32.9 Å². The lowest BCUT2D eigenvalue weighted by Crippen LogP contribution is -2.30. The molecule has 0 saturated carbocycles. The quantitative estimate of drug-likeness (QED) is 0.0133. The zero-order chi connectivity index (χ0) is 57.4. The molecule has 1 unspecified atom stereocenters.